The molecule has 1 saturated heterocycles. The van der Waals surface area contributed by atoms with Crippen LogP contribution in [0.25, 0.3) is 10.9 Å². The number of piperazine rings is 1. The number of fused-ring (bicyclic) bond motifs is 1. The number of rotatable bonds is 5. The highest BCUT2D eigenvalue weighted by molar-refractivity contribution is 6.00. The Labute approximate surface area is 198 Å². The number of nitrogens with zero attached hydrogens (tertiary/aromatic N) is 5. The van der Waals surface area contributed by atoms with Crippen molar-refractivity contribution in [3.8, 4) is 0 Å². The lowest BCUT2D eigenvalue weighted by Crippen LogP contribution is -2.49. The summed E-state index contributed by atoms with van der Waals surface area (Å²) >= 11 is 0. The zero-order chi connectivity index (χ0) is 23.8. The van der Waals surface area contributed by atoms with Crippen LogP contribution in [0.3, 0.4) is 0 Å². The number of aryl methyl sites for hydroxylation is 1. The van der Waals surface area contributed by atoms with Gasteiger partial charge in [0.15, 0.2) is 5.78 Å². The van der Waals surface area contributed by atoms with Gasteiger partial charge in [-0.05, 0) is 39.2 Å². The van der Waals surface area contributed by atoms with Crippen LogP contribution in [0, 0.1) is 6.92 Å². The van der Waals surface area contributed by atoms with Crippen molar-refractivity contribution in [3.63, 3.8) is 0 Å². The number of carbonyl (C=O) groups excluding carboxylic acids is 1. The van der Waals surface area contributed by atoms with Gasteiger partial charge in [0.1, 0.15) is 17.5 Å². The van der Waals surface area contributed by atoms with E-state index in [1.54, 1.807) is 18.6 Å². The quantitative estimate of drug-likeness (QED) is 0.558. The van der Waals surface area contributed by atoms with Gasteiger partial charge < -0.3 is 20.1 Å². The average Bonchev–Trinajstić information content (AvgIpc) is 3.34. The predicted octanol–water partition coefficient (Wildman–Crippen LogP) is 3.35. The molecule has 2 aliphatic rings. The Morgan fingerprint density at radius 2 is 1.88 bits per heavy atom. The number of ketones is 1. The lowest BCUT2D eigenvalue weighted by atomic mass is 10.0. The van der Waals surface area contributed by atoms with Crippen molar-refractivity contribution < 1.29 is 4.79 Å². The van der Waals surface area contributed by atoms with E-state index in [1.807, 2.05) is 17.6 Å². The smallest absolute Gasteiger partial charge is 0.262 e. The number of hydrogen-bond donors (Lipinski definition) is 2. The van der Waals surface area contributed by atoms with Crippen LogP contribution in [-0.4, -0.2) is 51.0 Å². The van der Waals surface area contributed by atoms with Gasteiger partial charge >= 0.3 is 0 Å². The third-order valence-electron chi connectivity index (χ3n) is 6.98. The standard InChI is InChI=1S/C25H31N7O2/c1-15-14-31(9-8-26-15)23-13-28-22(12-29-23)30-21-10-20-19(11-27-21)16(2)24(17(3)33)25(34)32(20)18-6-4-5-7-18/h10-13,15,18,26H,4-9,14H2,1-3H3,(H,27,28,30). The van der Waals surface area contributed by atoms with Crippen molar-refractivity contribution in [1.82, 2.24) is 24.8 Å². The summed E-state index contributed by atoms with van der Waals surface area (Å²) in [6, 6.07) is 2.41. The number of nitrogens with one attached hydrogen (secondary N) is 2. The highest BCUT2D eigenvalue weighted by Crippen LogP contribution is 2.33. The van der Waals surface area contributed by atoms with E-state index in [-0.39, 0.29) is 22.9 Å². The first kappa shape index (κ1) is 22.5. The summed E-state index contributed by atoms with van der Waals surface area (Å²) in [5.41, 5.74) is 1.56. The molecule has 2 fully saturated rings. The van der Waals surface area contributed by atoms with Gasteiger partial charge in [-0.15, -0.1) is 0 Å². The summed E-state index contributed by atoms with van der Waals surface area (Å²) in [5.74, 6) is 1.83. The van der Waals surface area contributed by atoms with Crippen molar-refractivity contribution in [2.45, 2.75) is 58.5 Å². The Morgan fingerprint density at radius 3 is 2.56 bits per heavy atom. The summed E-state index contributed by atoms with van der Waals surface area (Å²) in [7, 11) is 0. The molecule has 1 atom stereocenters. The van der Waals surface area contributed by atoms with Crippen LogP contribution in [0.15, 0.2) is 29.5 Å². The molecular weight excluding hydrogens is 430 g/mol. The number of hydrogen-bond acceptors (Lipinski definition) is 8. The van der Waals surface area contributed by atoms with Crippen LogP contribution < -0.4 is 21.1 Å². The Hall–Kier alpha value is -3.33. The Morgan fingerprint density at radius 1 is 1.12 bits per heavy atom. The van der Waals surface area contributed by atoms with Crippen molar-refractivity contribution in [1.29, 1.82) is 0 Å². The topological polar surface area (TPSA) is 105 Å². The first-order valence-corrected chi connectivity index (χ1v) is 12.1. The molecule has 1 unspecified atom stereocenters. The highest BCUT2D eigenvalue weighted by atomic mass is 16.1. The maximum atomic E-state index is 13.4. The van der Waals surface area contributed by atoms with E-state index in [0.717, 1.165) is 62.0 Å². The van der Waals surface area contributed by atoms with Crippen molar-refractivity contribution in [2.24, 2.45) is 0 Å². The van der Waals surface area contributed by atoms with E-state index in [4.69, 9.17) is 0 Å². The fourth-order valence-corrected chi connectivity index (χ4v) is 5.29. The molecule has 1 saturated carbocycles. The highest BCUT2D eigenvalue weighted by Gasteiger charge is 2.25. The van der Waals surface area contributed by atoms with Crippen LogP contribution in [0.1, 0.15) is 61.5 Å². The lowest BCUT2D eigenvalue weighted by molar-refractivity contribution is 0.101. The summed E-state index contributed by atoms with van der Waals surface area (Å²) in [6.45, 7) is 8.17. The fourth-order valence-electron chi connectivity index (χ4n) is 5.29. The first-order chi connectivity index (χ1) is 16.4. The molecule has 9 heteroatoms. The Balaban J connectivity index is 1.49. The van der Waals surface area contributed by atoms with Crippen molar-refractivity contribution in [3.05, 3.63) is 46.1 Å². The molecule has 2 N–H and O–H groups in total. The van der Waals surface area contributed by atoms with Gasteiger partial charge in [0.25, 0.3) is 5.56 Å². The zero-order valence-electron chi connectivity index (χ0n) is 20.0. The molecule has 1 aliphatic heterocycles. The van der Waals surface area contributed by atoms with Crippen molar-refractivity contribution in [2.75, 3.05) is 29.9 Å². The molecule has 0 bridgehead atoms. The maximum absolute atomic E-state index is 13.4. The summed E-state index contributed by atoms with van der Waals surface area (Å²) in [4.78, 5) is 41.6. The molecule has 34 heavy (non-hydrogen) atoms. The average molecular weight is 462 g/mol. The van der Waals surface area contributed by atoms with E-state index >= 15 is 0 Å². The SMILES string of the molecule is CC(=O)c1c(C)c2cnc(Nc3cnc(N4CCNC(C)C4)cn3)cc2n(C2CCCC2)c1=O. The van der Waals surface area contributed by atoms with E-state index < -0.39 is 0 Å². The monoisotopic (exact) mass is 461 g/mol. The largest absolute Gasteiger partial charge is 0.353 e. The molecule has 0 aromatic carbocycles. The molecule has 5 rings (SSSR count). The number of aromatic nitrogens is 4. The van der Waals surface area contributed by atoms with Crippen LogP contribution in [-0.2, 0) is 0 Å². The molecule has 9 nitrogen and oxygen atoms in total. The normalized spacial score (nSPS) is 19.0. The molecular formula is C25H31N7O2. The van der Waals surface area contributed by atoms with Crippen LogP contribution in [0.4, 0.5) is 17.5 Å². The first-order valence-electron chi connectivity index (χ1n) is 12.1. The fraction of sp³-hybridized carbons (Fsp3) is 0.480. The second-order valence-corrected chi connectivity index (χ2v) is 9.44. The van der Waals surface area contributed by atoms with Gasteiger partial charge in [-0.1, -0.05) is 12.8 Å². The third kappa shape index (κ3) is 4.16. The van der Waals surface area contributed by atoms with Gasteiger partial charge in [0, 0.05) is 49.4 Å². The van der Waals surface area contributed by atoms with Gasteiger partial charge in [-0.2, -0.15) is 0 Å². The minimum Gasteiger partial charge on any atom is -0.353 e. The van der Waals surface area contributed by atoms with Gasteiger partial charge in [0.05, 0.1) is 23.5 Å². The molecule has 0 spiro atoms. The van der Waals surface area contributed by atoms with Gasteiger partial charge in [-0.3, -0.25) is 9.59 Å². The molecule has 0 radical (unpaired) electrons. The molecule has 1 aliphatic carbocycles. The van der Waals surface area contributed by atoms with Gasteiger partial charge in [0.2, 0.25) is 0 Å². The maximum Gasteiger partial charge on any atom is 0.262 e. The molecule has 178 valence electrons. The van der Waals surface area contributed by atoms with Crippen LogP contribution in [0.5, 0.6) is 0 Å². The second kappa shape index (κ2) is 9.13. The van der Waals surface area contributed by atoms with Crippen molar-refractivity contribution >= 4 is 34.1 Å². The molecule has 3 aromatic rings. The second-order valence-electron chi connectivity index (χ2n) is 9.44. The van der Waals surface area contributed by atoms with Crippen LogP contribution >= 0.6 is 0 Å². The van der Waals surface area contributed by atoms with E-state index in [9.17, 15) is 9.59 Å². The summed E-state index contributed by atoms with van der Waals surface area (Å²) in [6.07, 6.45) is 9.29. The number of pyridine rings is 2. The number of anilines is 3. The van der Waals surface area contributed by atoms with E-state index in [1.165, 1.54) is 6.92 Å². The Kier molecular flexibility index (Phi) is 6.03. The Bertz CT molecular complexity index is 1280. The molecule has 4 heterocycles. The predicted molar refractivity (Wildman–Crippen MR) is 133 cm³/mol. The zero-order valence-corrected chi connectivity index (χ0v) is 20.0. The van der Waals surface area contributed by atoms with Crippen LogP contribution in [0.2, 0.25) is 0 Å². The number of Topliss-reactive ketones (excluding diaryl/α,β-unsaturated/α-hetero) is 1. The third-order valence-corrected chi connectivity index (χ3v) is 6.98. The van der Waals surface area contributed by atoms with E-state index in [0.29, 0.717) is 23.2 Å². The minimum absolute atomic E-state index is 0.101. The summed E-state index contributed by atoms with van der Waals surface area (Å²) < 4.78 is 1.82. The van der Waals surface area contributed by atoms with E-state index in [2.05, 4.69) is 37.4 Å². The number of carbonyl (C=O) groups is 1. The molecule has 0 amide bonds. The minimum atomic E-state index is -0.201. The summed E-state index contributed by atoms with van der Waals surface area (Å²) in [5, 5.41) is 7.49. The molecule has 3 aromatic heterocycles. The lowest BCUT2D eigenvalue weighted by Gasteiger charge is -2.32. The van der Waals surface area contributed by atoms with Gasteiger partial charge in [-0.25, -0.2) is 15.0 Å².